The van der Waals surface area contributed by atoms with Crippen LogP contribution in [-0.4, -0.2) is 27.9 Å². The molecule has 30 heavy (non-hydrogen) atoms. The molecule has 0 saturated heterocycles. The minimum absolute atomic E-state index is 0.0852. The number of halogens is 3. The lowest BCUT2D eigenvalue weighted by molar-refractivity contribution is -0.274. The molecule has 1 aromatic heterocycles. The Labute approximate surface area is 168 Å². The van der Waals surface area contributed by atoms with Crippen LogP contribution in [0.4, 0.5) is 13.2 Å². The summed E-state index contributed by atoms with van der Waals surface area (Å²) in [4.78, 5) is 23.4. The molecule has 156 valence electrons. The van der Waals surface area contributed by atoms with Crippen LogP contribution < -0.4 is 10.5 Å². The standard InChI is InChI=1S/C21H17F3N2O4/c1-20(10-15(20)19(28)29)12-3-2-4-13(8-12)26-16-9-14(30-21(22,23)24)6-5-11(16)7-17(26)18(25)27/h2-9,15H,10H2,1H3,(H2,25,27)(H,28,29). The van der Waals surface area contributed by atoms with Gasteiger partial charge in [-0.05, 0) is 42.3 Å². The Morgan fingerprint density at radius 1 is 1.20 bits per heavy atom. The molecule has 2 atom stereocenters. The van der Waals surface area contributed by atoms with Crippen LogP contribution in [0.25, 0.3) is 16.6 Å². The van der Waals surface area contributed by atoms with E-state index in [-0.39, 0.29) is 5.69 Å². The summed E-state index contributed by atoms with van der Waals surface area (Å²) < 4.78 is 43.4. The van der Waals surface area contributed by atoms with Gasteiger partial charge in [-0.25, -0.2) is 0 Å². The largest absolute Gasteiger partial charge is 0.573 e. The second-order valence-corrected chi connectivity index (χ2v) is 7.56. The van der Waals surface area contributed by atoms with Crippen molar-refractivity contribution >= 4 is 22.8 Å². The molecule has 0 radical (unpaired) electrons. The molecule has 1 aliphatic carbocycles. The van der Waals surface area contributed by atoms with E-state index in [1.54, 1.807) is 24.3 Å². The maximum Gasteiger partial charge on any atom is 0.573 e. The van der Waals surface area contributed by atoms with Gasteiger partial charge in [-0.3, -0.25) is 9.59 Å². The Morgan fingerprint density at radius 3 is 2.53 bits per heavy atom. The van der Waals surface area contributed by atoms with Crippen LogP contribution in [0.1, 0.15) is 29.4 Å². The number of alkyl halides is 3. The zero-order chi connectivity index (χ0) is 21.8. The normalized spacial score (nSPS) is 20.9. The lowest BCUT2D eigenvalue weighted by Crippen LogP contribution is -2.17. The summed E-state index contributed by atoms with van der Waals surface area (Å²) in [5.41, 5.74) is 6.58. The smallest absolute Gasteiger partial charge is 0.481 e. The number of rotatable bonds is 5. The highest BCUT2D eigenvalue weighted by Gasteiger charge is 2.56. The number of benzene rings is 2. The lowest BCUT2D eigenvalue weighted by atomic mass is 9.95. The van der Waals surface area contributed by atoms with E-state index in [1.807, 2.05) is 6.92 Å². The van der Waals surface area contributed by atoms with Crippen molar-refractivity contribution in [1.82, 2.24) is 4.57 Å². The minimum atomic E-state index is -4.86. The predicted molar refractivity (Wildman–Crippen MR) is 102 cm³/mol. The zero-order valence-corrected chi connectivity index (χ0v) is 15.7. The van der Waals surface area contributed by atoms with Crippen LogP contribution >= 0.6 is 0 Å². The number of primary amides is 1. The fourth-order valence-electron chi connectivity index (χ4n) is 3.88. The van der Waals surface area contributed by atoms with Crippen LogP contribution in [0.3, 0.4) is 0 Å². The summed E-state index contributed by atoms with van der Waals surface area (Å²) in [6.45, 7) is 1.84. The summed E-state index contributed by atoms with van der Waals surface area (Å²) in [7, 11) is 0. The quantitative estimate of drug-likeness (QED) is 0.655. The van der Waals surface area contributed by atoms with Crippen molar-refractivity contribution in [2.45, 2.75) is 25.1 Å². The van der Waals surface area contributed by atoms with E-state index in [1.165, 1.54) is 22.8 Å². The summed E-state index contributed by atoms with van der Waals surface area (Å²) in [5, 5.41) is 9.82. The average molecular weight is 418 g/mol. The van der Waals surface area contributed by atoms with Gasteiger partial charge in [0.15, 0.2) is 0 Å². The maximum absolute atomic E-state index is 12.6. The number of hydrogen-bond donors (Lipinski definition) is 2. The molecule has 6 nitrogen and oxygen atoms in total. The molecule has 0 aliphatic heterocycles. The number of amides is 1. The molecule has 4 rings (SSSR count). The van der Waals surface area contributed by atoms with E-state index >= 15 is 0 Å². The Kier molecular flexibility index (Phi) is 4.30. The Morgan fingerprint density at radius 2 is 1.93 bits per heavy atom. The topological polar surface area (TPSA) is 94.5 Å². The number of carboxylic acid groups (broad SMARTS) is 1. The van der Waals surface area contributed by atoms with Crippen molar-refractivity contribution in [2.75, 3.05) is 0 Å². The number of aromatic nitrogens is 1. The number of carbonyl (C=O) groups excluding carboxylic acids is 1. The van der Waals surface area contributed by atoms with Crippen LogP contribution in [0.2, 0.25) is 0 Å². The zero-order valence-electron chi connectivity index (χ0n) is 15.7. The molecule has 1 saturated carbocycles. The molecule has 9 heteroatoms. The monoisotopic (exact) mass is 418 g/mol. The Hall–Kier alpha value is -3.49. The first-order valence-electron chi connectivity index (χ1n) is 9.04. The molecule has 1 fully saturated rings. The molecule has 0 spiro atoms. The number of nitrogens with zero attached hydrogens (tertiary/aromatic N) is 1. The van der Waals surface area contributed by atoms with Crippen molar-refractivity contribution < 1.29 is 32.6 Å². The molecular weight excluding hydrogens is 401 g/mol. The van der Waals surface area contributed by atoms with Gasteiger partial charge in [-0.2, -0.15) is 0 Å². The predicted octanol–water partition coefficient (Wildman–Crippen LogP) is 3.99. The van der Waals surface area contributed by atoms with Gasteiger partial charge in [0.05, 0.1) is 11.4 Å². The molecule has 2 unspecified atom stereocenters. The second-order valence-electron chi connectivity index (χ2n) is 7.56. The lowest BCUT2D eigenvalue weighted by Gasteiger charge is -2.15. The van der Waals surface area contributed by atoms with Crippen molar-refractivity contribution in [3.8, 4) is 11.4 Å². The minimum Gasteiger partial charge on any atom is -0.481 e. The molecular formula is C21H17F3N2O4. The Balaban J connectivity index is 1.86. The summed E-state index contributed by atoms with van der Waals surface area (Å²) in [6, 6.07) is 12.1. The van der Waals surface area contributed by atoms with Crippen molar-refractivity contribution in [3.05, 3.63) is 59.8 Å². The first-order chi connectivity index (χ1) is 14.0. The molecule has 1 aliphatic rings. The fraction of sp³-hybridized carbons (Fsp3) is 0.238. The third kappa shape index (κ3) is 3.36. The van der Waals surface area contributed by atoms with E-state index in [2.05, 4.69) is 4.74 Å². The van der Waals surface area contributed by atoms with E-state index < -0.39 is 35.3 Å². The van der Waals surface area contributed by atoms with Gasteiger partial charge < -0.3 is 20.1 Å². The number of nitrogens with two attached hydrogens (primary N) is 1. The highest BCUT2D eigenvalue weighted by molar-refractivity contribution is 5.99. The SMILES string of the molecule is CC1(c2cccc(-n3c(C(N)=O)cc4ccc(OC(F)(F)F)cc43)c2)CC1C(=O)O. The summed E-state index contributed by atoms with van der Waals surface area (Å²) in [5.74, 6) is -2.59. The van der Waals surface area contributed by atoms with Crippen molar-refractivity contribution in [2.24, 2.45) is 11.7 Å². The number of fused-ring (bicyclic) bond motifs is 1. The Bertz CT molecular complexity index is 1180. The van der Waals surface area contributed by atoms with Gasteiger partial charge in [0, 0.05) is 22.6 Å². The third-order valence-corrected chi connectivity index (χ3v) is 5.56. The fourth-order valence-corrected chi connectivity index (χ4v) is 3.88. The second kappa shape index (κ2) is 6.51. The van der Waals surface area contributed by atoms with Crippen LogP contribution in [0, 0.1) is 5.92 Å². The highest BCUT2D eigenvalue weighted by Crippen LogP contribution is 2.54. The van der Waals surface area contributed by atoms with E-state index in [4.69, 9.17) is 5.73 Å². The summed E-state index contributed by atoms with van der Waals surface area (Å²) in [6.07, 6.45) is -4.38. The van der Waals surface area contributed by atoms with Gasteiger partial charge in [-0.15, -0.1) is 13.2 Å². The van der Waals surface area contributed by atoms with Gasteiger partial charge in [0.1, 0.15) is 11.4 Å². The number of carbonyl (C=O) groups is 2. The molecule has 3 N–H and O–H groups in total. The van der Waals surface area contributed by atoms with Crippen LogP contribution in [0.15, 0.2) is 48.5 Å². The van der Waals surface area contributed by atoms with Crippen molar-refractivity contribution in [3.63, 3.8) is 0 Å². The van der Waals surface area contributed by atoms with Crippen LogP contribution in [0.5, 0.6) is 5.75 Å². The van der Waals surface area contributed by atoms with Gasteiger partial charge >= 0.3 is 12.3 Å². The van der Waals surface area contributed by atoms with E-state index in [0.717, 1.165) is 11.6 Å². The first-order valence-corrected chi connectivity index (χ1v) is 9.04. The van der Waals surface area contributed by atoms with Crippen molar-refractivity contribution in [1.29, 1.82) is 0 Å². The maximum atomic E-state index is 12.6. The third-order valence-electron chi connectivity index (χ3n) is 5.56. The number of ether oxygens (including phenoxy) is 1. The molecule has 2 aromatic carbocycles. The number of hydrogen-bond acceptors (Lipinski definition) is 3. The first kappa shape index (κ1) is 19.8. The van der Waals surface area contributed by atoms with Gasteiger partial charge in [0.2, 0.25) is 0 Å². The average Bonchev–Trinajstić information content (AvgIpc) is 3.21. The molecule has 0 bridgehead atoms. The molecule has 1 amide bonds. The van der Waals surface area contributed by atoms with E-state index in [0.29, 0.717) is 23.0 Å². The number of aliphatic carboxylic acids is 1. The van der Waals surface area contributed by atoms with E-state index in [9.17, 15) is 27.9 Å². The highest BCUT2D eigenvalue weighted by atomic mass is 19.4. The summed E-state index contributed by atoms with van der Waals surface area (Å²) >= 11 is 0. The van der Waals surface area contributed by atoms with Gasteiger partial charge in [-0.1, -0.05) is 19.1 Å². The van der Waals surface area contributed by atoms with Crippen LogP contribution in [-0.2, 0) is 10.2 Å². The molecule has 1 heterocycles. The van der Waals surface area contributed by atoms with Gasteiger partial charge in [0.25, 0.3) is 5.91 Å². The number of carboxylic acids is 1. The molecule has 3 aromatic rings.